The number of hydrogen-bond donors (Lipinski definition) is 1. The lowest BCUT2D eigenvalue weighted by atomic mass is 10.0. The molecule has 0 aromatic carbocycles. The molecular formula is C14H26O6S. The average molecular weight is 322 g/mol. The van der Waals surface area contributed by atoms with Crippen LogP contribution >= 0.6 is 0 Å². The first-order valence-electron chi connectivity index (χ1n) is 7.39. The fourth-order valence-electron chi connectivity index (χ4n) is 1.77. The topological polar surface area (TPSA) is 89.9 Å². The van der Waals surface area contributed by atoms with E-state index in [1.54, 1.807) is 0 Å². The fourth-order valence-corrected chi connectivity index (χ4v) is 2.01. The third kappa shape index (κ3) is 15.3. The molecule has 124 valence electrons. The Balaban J connectivity index is 3.38. The van der Waals surface area contributed by atoms with Crippen LogP contribution in [0.25, 0.3) is 0 Å². The Morgan fingerprint density at radius 3 is 2.19 bits per heavy atom. The lowest BCUT2D eigenvalue weighted by Gasteiger charge is -2.05. The first-order chi connectivity index (χ1) is 9.91. The Labute approximate surface area is 129 Å². The van der Waals surface area contributed by atoms with E-state index in [1.165, 1.54) is 19.3 Å². The lowest BCUT2D eigenvalue weighted by molar-refractivity contribution is -0.147. The van der Waals surface area contributed by atoms with E-state index in [0.29, 0.717) is 6.61 Å². The van der Waals surface area contributed by atoms with Crippen molar-refractivity contribution in [2.45, 2.75) is 65.2 Å². The molecular weight excluding hydrogens is 296 g/mol. The van der Waals surface area contributed by atoms with E-state index in [-0.39, 0.29) is 12.8 Å². The summed E-state index contributed by atoms with van der Waals surface area (Å²) in [6, 6.07) is 0. The minimum Gasteiger partial charge on any atom is -0.466 e. The normalized spacial score (nSPS) is 12.2. The number of ether oxygens (including phenoxy) is 1. The number of carbonyl (C=O) groups is 2. The van der Waals surface area contributed by atoms with Crippen LogP contribution in [0.1, 0.15) is 65.2 Å². The largest absolute Gasteiger partial charge is 0.466 e. The second kappa shape index (κ2) is 12.8. The smallest absolute Gasteiger partial charge is 0.360 e. The summed E-state index contributed by atoms with van der Waals surface area (Å²) in [4.78, 5) is 22.2. The van der Waals surface area contributed by atoms with Gasteiger partial charge in [0.15, 0.2) is 0 Å². The van der Waals surface area contributed by atoms with Crippen LogP contribution in [0.2, 0.25) is 0 Å². The number of carbonyl (C=O) groups excluding carboxylic acids is 2. The highest BCUT2D eigenvalue weighted by Crippen LogP contribution is 2.10. The van der Waals surface area contributed by atoms with Gasteiger partial charge in [0.05, 0.1) is 19.4 Å². The predicted molar refractivity (Wildman–Crippen MR) is 79.6 cm³/mol. The zero-order valence-corrected chi connectivity index (χ0v) is 13.7. The van der Waals surface area contributed by atoms with Crippen molar-refractivity contribution < 1.29 is 27.3 Å². The number of esters is 1. The van der Waals surface area contributed by atoms with Crippen molar-refractivity contribution in [3.63, 3.8) is 0 Å². The maximum absolute atomic E-state index is 11.3. The summed E-state index contributed by atoms with van der Waals surface area (Å²) in [5.74, 6) is -0.630. The summed E-state index contributed by atoms with van der Waals surface area (Å²) >= 11 is -2.63. The molecule has 0 saturated carbocycles. The van der Waals surface area contributed by atoms with Crippen molar-refractivity contribution in [1.82, 2.24) is 0 Å². The third-order valence-electron chi connectivity index (χ3n) is 2.89. The molecule has 21 heavy (non-hydrogen) atoms. The maximum atomic E-state index is 11.3. The van der Waals surface area contributed by atoms with Crippen molar-refractivity contribution >= 4 is 23.3 Å². The molecule has 0 radical (unpaired) electrons. The molecule has 0 saturated heterocycles. The molecule has 0 aliphatic carbocycles. The van der Waals surface area contributed by atoms with Gasteiger partial charge in [-0.05, 0) is 12.3 Å². The van der Waals surface area contributed by atoms with Gasteiger partial charge in [-0.3, -0.25) is 14.1 Å². The first kappa shape index (κ1) is 20.1. The minimum absolute atomic E-state index is 0.135. The van der Waals surface area contributed by atoms with E-state index < -0.39 is 23.3 Å². The summed E-state index contributed by atoms with van der Waals surface area (Å²) in [6.07, 6.45) is 6.30. The molecule has 0 aromatic rings. The standard InChI is InChI=1S/C14H26O6S/c1-12(2)8-6-4-3-5-7-11-19-13(15)9-10-14(16)20-21(17)18/h12H,3-11H2,1-2H3,(H,17,18). The van der Waals surface area contributed by atoms with Gasteiger partial charge in [0, 0.05) is 0 Å². The van der Waals surface area contributed by atoms with Crippen molar-refractivity contribution in [2.24, 2.45) is 5.92 Å². The van der Waals surface area contributed by atoms with Gasteiger partial charge in [0.1, 0.15) is 0 Å². The van der Waals surface area contributed by atoms with Crippen LogP contribution < -0.4 is 0 Å². The number of hydrogen-bond acceptors (Lipinski definition) is 5. The van der Waals surface area contributed by atoms with Gasteiger partial charge in [-0.1, -0.05) is 46.0 Å². The highest BCUT2D eigenvalue weighted by molar-refractivity contribution is 7.74. The molecule has 1 unspecified atom stereocenters. The molecule has 0 amide bonds. The van der Waals surface area contributed by atoms with Gasteiger partial charge in [0.25, 0.3) is 0 Å². The van der Waals surface area contributed by atoms with Gasteiger partial charge < -0.3 is 8.92 Å². The van der Waals surface area contributed by atoms with Crippen LogP contribution in [0.5, 0.6) is 0 Å². The highest BCUT2D eigenvalue weighted by atomic mass is 32.2. The summed E-state index contributed by atoms with van der Waals surface area (Å²) in [5, 5.41) is 0. The Kier molecular flexibility index (Phi) is 12.2. The third-order valence-corrected chi connectivity index (χ3v) is 3.21. The van der Waals surface area contributed by atoms with Crippen LogP contribution in [0.4, 0.5) is 0 Å². The number of unbranched alkanes of at least 4 members (excludes halogenated alkanes) is 4. The Morgan fingerprint density at radius 1 is 1.00 bits per heavy atom. The zero-order valence-electron chi connectivity index (χ0n) is 12.8. The van der Waals surface area contributed by atoms with Gasteiger partial charge in [-0.25, -0.2) is 0 Å². The summed E-state index contributed by atoms with van der Waals surface area (Å²) < 4.78 is 27.4. The van der Waals surface area contributed by atoms with E-state index in [4.69, 9.17) is 9.29 Å². The quantitative estimate of drug-likeness (QED) is 0.337. The summed E-state index contributed by atoms with van der Waals surface area (Å²) in [5.41, 5.74) is 0. The molecule has 0 aliphatic rings. The second-order valence-corrected chi connectivity index (χ2v) is 5.94. The van der Waals surface area contributed by atoms with Crippen LogP contribution in [0.15, 0.2) is 0 Å². The lowest BCUT2D eigenvalue weighted by Crippen LogP contribution is -2.11. The molecule has 7 heteroatoms. The number of rotatable bonds is 12. The molecule has 1 atom stereocenters. The SMILES string of the molecule is CC(C)CCCCCCCOC(=O)CCC(=O)OS(=O)O. The van der Waals surface area contributed by atoms with Crippen LogP contribution in [-0.2, 0) is 29.9 Å². The van der Waals surface area contributed by atoms with Gasteiger partial charge in [-0.2, -0.15) is 4.21 Å². The van der Waals surface area contributed by atoms with Crippen molar-refractivity contribution in [2.75, 3.05) is 6.61 Å². The first-order valence-corrected chi connectivity index (χ1v) is 8.42. The van der Waals surface area contributed by atoms with E-state index in [9.17, 15) is 13.8 Å². The molecule has 0 aromatic heterocycles. The summed E-state index contributed by atoms with van der Waals surface area (Å²) in [7, 11) is 0. The molecule has 0 heterocycles. The average Bonchev–Trinajstić information content (AvgIpc) is 2.38. The molecule has 0 bridgehead atoms. The van der Waals surface area contributed by atoms with Crippen molar-refractivity contribution in [3.05, 3.63) is 0 Å². The molecule has 1 N–H and O–H groups in total. The summed E-state index contributed by atoms with van der Waals surface area (Å²) in [6.45, 7) is 4.78. The van der Waals surface area contributed by atoms with Crippen LogP contribution in [0.3, 0.4) is 0 Å². The zero-order chi connectivity index (χ0) is 16.1. The molecule has 0 fully saturated rings. The Morgan fingerprint density at radius 2 is 1.57 bits per heavy atom. The van der Waals surface area contributed by atoms with Gasteiger partial charge in [-0.15, -0.1) is 0 Å². The molecule has 0 rings (SSSR count). The monoisotopic (exact) mass is 322 g/mol. The van der Waals surface area contributed by atoms with Gasteiger partial charge >= 0.3 is 23.3 Å². The van der Waals surface area contributed by atoms with Crippen molar-refractivity contribution in [1.29, 1.82) is 0 Å². The predicted octanol–water partition coefficient (Wildman–Crippen LogP) is 2.99. The maximum Gasteiger partial charge on any atom is 0.360 e. The van der Waals surface area contributed by atoms with Crippen molar-refractivity contribution in [3.8, 4) is 0 Å². The van der Waals surface area contributed by atoms with E-state index in [2.05, 4.69) is 18.0 Å². The Bertz CT molecular complexity index is 329. The minimum atomic E-state index is -2.63. The van der Waals surface area contributed by atoms with E-state index >= 15 is 0 Å². The van der Waals surface area contributed by atoms with E-state index in [1.807, 2.05) is 0 Å². The van der Waals surface area contributed by atoms with Crippen LogP contribution in [0, 0.1) is 5.92 Å². The van der Waals surface area contributed by atoms with Gasteiger partial charge in [0.2, 0.25) is 0 Å². The molecule has 6 nitrogen and oxygen atoms in total. The van der Waals surface area contributed by atoms with Crippen LogP contribution in [-0.4, -0.2) is 27.3 Å². The fraction of sp³-hybridized carbons (Fsp3) is 0.857. The highest BCUT2D eigenvalue weighted by Gasteiger charge is 2.11. The second-order valence-electron chi connectivity index (χ2n) is 5.34. The molecule has 0 aliphatic heterocycles. The molecule has 0 spiro atoms. The van der Waals surface area contributed by atoms with E-state index in [0.717, 1.165) is 25.2 Å². The Hall–Kier alpha value is -0.950.